The van der Waals surface area contributed by atoms with E-state index in [0.29, 0.717) is 0 Å². The van der Waals surface area contributed by atoms with Crippen LogP contribution >= 0.6 is 0 Å². The van der Waals surface area contributed by atoms with E-state index in [4.69, 9.17) is 0 Å². The number of rotatable bonds is 10. The smallest absolute Gasteiger partial charge is 0.174 e. The first-order valence-corrected chi connectivity index (χ1v) is 9.79. The first-order valence-electron chi connectivity index (χ1n) is 9.79. The average Bonchev–Trinajstić information content (AvgIpc) is 3.31. The summed E-state index contributed by atoms with van der Waals surface area (Å²) in [5, 5.41) is 20.6. The molecule has 0 saturated heterocycles. The number of aromatic nitrogens is 6. The molecule has 1 aromatic carbocycles. The Morgan fingerprint density at radius 3 is 2.48 bits per heavy atom. The van der Waals surface area contributed by atoms with Crippen molar-refractivity contribution in [2.45, 2.75) is 59.2 Å². The minimum Gasteiger partial charge on any atom is -0.302 e. The number of nitrogens with zero attached hydrogens (tertiary/aromatic N) is 6. The van der Waals surface area contributed by atoms with Crippen molar-refractivity contribution in [3.63, 3.8) is 0 Å². The summed E-state index contributed by atoms with van der Waals surface area (Å²) in [5.74, 6) is 0.846. The van der Waals surface area contributed by atoms with Crippen LogP contribution in [0.2, 0.25) is 0 Å². The number of hydrogen-bond acceptors (Lipinski definition) is 5. The quantitative estimate of drug-likeness (QED) is 0.596. The summed E-state index contributed by atoms with van der Waals surface area (Å²) < 4.78 is 3.95. The van der Waals surface area contributed by atoms with Gasteiger partial charge >= 0.3 is 0 Å². The van der Waals surface area contributed by atoms with Crippen molar-refractivity contribution in [1.82, 2.24) is 35.3 Å². The molecule has 0 amide bonds. The molecule has 0 saturated carbocycles. The first-order chi connectivity index (χ1) is 13.2. The maximum absolute atomic E-state index is 4.49. The highest BCUT2D eigenvalue weighted by Crippen LogP contribution is 2.20. The Bertz CT molecular complexity index is 775. The third kappa shape index (κ3) is 4.80. The predicted octanol–water partition coefficient (Wildman–Crippen LogP) is 2.92. The Balaban J connectivity index is 1.80. The van der Waals surface area contributed by atoms with Gasteiger partial charge in [0.05, 0.1) is 5.69 Å². The van der Waals surface area contributed by atoms with Gasteiger partial charge < -0.3 is 5.32 Å². The van der Waals surface area contributed by atoms with Crippen molar-refractivity contribution < 1.29 is 0 Å². The van der Waals surface area contributed by atoms with Crippen LogP contribution in [0.5, 0.6) is 0 Å². The average molecular weight is 368 g/mol. The van der Waals surface area contributed by atoms with E-state index in [1.165, 1.54) is 11.1 Å². The van der Waals surface area contributed by atoms with Gasteiger partial charge in [0, 0.05) is 25.8 Å². The molecule has 0 spiro atoms. The molecule has 1 unspecified atom stereocenters. The van der Waals surface area contributed by atoms with E-state index in [9.17, 15) is 0 Å². The van der Waals surface area contributed by atoms with Gasteiger partial charge in [-0.25, -0.2) is 4.68 Å². The maximum Gasteiger partial charge on any atom is 0.174 e. The summed E-state index contributed by atoms with van der Waals surface area (Å²) in [7, 11) is 0. The molecule has 3 rings (SSSR count). The Labute approximate surface area is 160 Å². The molecule has 2 heterocycles. The summed E-state index contributed by atoms with van der Waals surface area (Å²) in [6.45, 7) is 8.93. The third-order valence-electron chi connectivity index (χ3n) is 4.62. The zero-order chi connectivity index (χ0) is 19.1. The lowest BCUT2D eigenvalue weighted by Crippen LogP contribution is -2.30. The Morgan fingerprint density at radius 2 is 1.74 bits per heavy atom. The first kappa shape index (κ1) is 19.2. The Morgan fingerprint density at radius 1 is 1.00 bits per heavy atom. The monoisotopic (exact) mass is 367 g/mol. The van der Waals surface area contributed by atoms with Gasteiger partial charge in [-0.05, 0) is 48.2 Å². The molecule has 0 aliphatic heterocycles. The predicted molar refractivity (Wildman–Crippen MR) is 105 cm³/mol. The molecule has 0 radical (unpaired) electrons. The Hall–Kier alpha value is -2.54. The molecule has 0 aliphatic carbocycles. The number of tetrazole rings is 1. The lowest BCUT2D eigenvalue weighted by atomic mass is 10.1. The number of nitrogens with one attached hydrogen (secondary N) is 1. The topological polar surface area (TPSA) is 73.5 Å². The highest BCUT2D eigenvalue weighted by Gasteiger charge is 2.23. The molecular weight excluding hydrogens is 338 g/mol. The van der Waals surface area contributed by atoms with Crippen LogP contribution in [0.4, 0.5) is 0 Å². The van der Waals surface area contributed by atoms with Crippen molar-refractivity contribution >= 4 is 0 Å². The van der Waals surface area contributed by atoms with Crippen molar-refractivity contribution in [2.75, 3.05) is 6.54 Å². The van der Waals surface area contributed by atoms with E-state index in [1.807, 2.05) is 10.9 Å². The fraction of sp³-hybridized carbons (Fsp3) is 0.500. The molecule has 1 atom stereocenters. The van der Waals surface area contributed by atoms with Crippen LogP contribution in [0.25, 0.3) is 0 Å². The van der Waals surface area contributed by atoms with Crippen LogP contribution in [-0.2, 0) is 19.5 Å². The molecule has 7 nitrogen and oxygen atoms in total. The zero-order valence-corrected chi connectivity index (χ0v) is 16.5. The summed E-state index contributed by atoms with van der Waals surface area (Å²) >= 11 is 0. The number of benzene rings is 1. The van der Waals surface area contributed by atoms with Gasteiger partial charge in [-0.3, -0.25) is 4.68 Å². The van der Waals surface area contributed by atoms with Gasteiger partial charge in [0.25, 0.3) is 0 Å². The van der Waals surface area contributed by atoms with E-state index in [1.54, 1.807) is 0 Å². The highest BCUT2D eigenvalue weighted by molar-refractivity contribution is 5.22. The van der Waals surface area contributed by atoms with Crippen LogP contribution in [0, 0.1) is 6.92 Å². The van der Waals surface area contributed by atoms with Crippen LogP contribution in [0.3, 0.4) is 0 Å². The van der Waals surface area contributed by atoms with E-state index < -0.39 is 0 Å². The fourth-order valence-corrected chi connectivity index (χ4v) is 3.22. The molecule has 2 aromatic heterocycles. The number of aryl methyl sites for hydroxylation is 3. The second-order valence-corrected chi connectivity index (χ2v) is 6.86. The van der Waals surface area contributed by atoms with E-state index in [-0.39, 0.29) is 6.04 Å². The van der Waals surface area contributed by atoms with E-state index >= 15 is 0 Å². The minimum atomic E-state index is -0.0777. The summed E-state index contributed by atoms with van der Waals surface area (Å²) in [6.07, 6.45) is 4.83. The van der Waals surface area contributed by atoms with Crippen LogP contribution in [0.1, 0.15) is 55.4 Å². The minimum absolute atomic E-state index is 0.0777. The molecule has 3 aromatic rings. The van der Waals surface area contributed by atoms with Crippen LogP contribution in [0.15, 0.2) is 36.5 Å². The largest absolute Gasteiger partial charge is 0.302 e. The molecule has 27 heavy (non-hydrogen) atoms. The second-order valence-electron chi connectivity index (χ2n) is 6.86. The molecule has 0 aliphatic rings. The molecule has 7 heteroatoms. The Kier molecular flexibility index (Phi) is 6.70. The van der Waals surface area contributed by atoms with Crippen LogP contribution in [-0.4, -0.2) is 36.5 Å². The molecular formula is C20H29N7. The lowest BCUT2D eigenvalue weighted by Gasteiger charge is -2.19. The van der Waals surface area contributed by atoms with Gasteiger partial charge in [-0.2, -0.15) is 5.10 Å². The van der Waals surface area contributed by atoms with Gasteiger partial charge in [0.2, 0.25) is 0 Å². The van der Waals surface area contributed by atoms with Crippen molar-refractivity contribution in [3.8, 4) is 0 Å². The van der Waals surface area contributed by atoms with Crippen molar-refractivity contribution in [1.29, 1.82) is 0 Å². The maximum atomic E-state index is 4.49. The van der Waals surface area contributed by atoms with Gasteiger partial charge in [0.15, 0.2) is 5.82 Å². The number of hydrogen-bond donors (Lipinski definition) is 1. The lowest BCUT2D eigenvalue weighted by molar-refractivity contribution is 0.466. The van der Waals surface area contributed by atoms with Gasteiger partial charge in [-0.1, -0.05) is 43.7 Å². The normalized spacial score (nSPS) is 12.4. The van der Waals surface area contributed by atoms with Crippen molar-refractivity contribution in [2.24, 2.45) is 0 Å². The molecule has 0 fully saturated rings. The summed E-state index contributed by atoms with van der Waals surface area (Å²) in [4.78, 5) is 0. The van der Waals surface area contributed by atoms with E-state index in [2.05, 4.69) is 81.7 Å². The van der Waals surface area contributed by atoms with E-state index in [0.717, 1.165) is 50.4 Å². The van der Waals surface area contributed by atoms with Crippen molar-refractivity contribution in [3.05, 3.63) is 59.2 Å². The zero-order valence-electron chi connectivity index (χ0n) is 16.5. The highest BCUT2D eigenvalue weighted by atomic mass is 15.5. The SMILES string of the molecule is CCCn1nccc1C(NCCc1ccc(C)cc1)c1nnnn1CCC. The molecule has 144 valence electrons. The van der Waals surface area contributed by atoms with Gasteiger partial charge in [-0.15, -0.1) is 5.10 Å². The summed E-state index contributed by atoms with van der Waals surface area (Å²) in [5.41, 5.74) is 3.71. The van der Waals surface area contributed by atoms with Gasteiger partial charge in [0.1, 0.15) is 6.04 Å². The molecule has 1 N–H and O–H groups in total. The molecule has 0 bridgehead atoms. The second kappa shape index (κ2) is 9.41. The van der Waals surface area contributed by atoms with Crippen LogP contribution < -0.4 is 5.32 Å². The fourth-order valence-electron chi connectivity index (χ4n) is 3.22. The summed E-state index contributed by atoms with van der Waals surface area (Å²) in [6, 6.07) is 10.7. The third-order valence-corrected chi connectivity index (χ3v) is 4.62. The standard InChI is InChI=1S/C20H29N7/c1-4-14-26-18(11-13-22-26)19(20-23-24-25-27(20)15-5-2)21-12-10-17-8-6-16(3)7-9-17/h6-9,11,13,19,21H,4-5,10,12,14-15H2,1-3H3.